The zero-order chi connectivity index (χ0) is 19.6. The van der Waals surface area contributed by atoms with E-state index < -0.39 is 17.6 Å². The lowest BCUT2D eigenvalue weighted by atomic mass is 10.0. The molecule has 0 spiro atoms. The van der Waals surface area contributed by atoms with Crippen LogP contribution in [0, 0.1) is 6.92 Å². The third-order valence-electron chi connectivity index (χ3n) is 4.23. The average Bonchev–Trinajstić information content (AvgIpc) is 2.61. The predicted octanol–water partition coefficient (Wildman–Crippen LogP) is 4.77. The lowest BCUT2D eigenvalue weighted by Crippen LogP contribution is -2.12. The van der Waals surface area contributed by atoms with E-state index >= 15 is 0 Å². The van der Waals surface area contributed by atoms with Crippen molar-refractivity contribution < 1.29 is 18.0 Å². The summed E-state index contributed by atoms with van der Waals surface area (Å²) in [5.41, 5.74) is 8.51. The normalized spacial score (nSPS) is 11.4. The van der Waals surface area contributed by atoms with Crippen molar-refractivity contribution in [1.29, 1.82) is 0 Å². The fraction of sp³-hybridized carbons (Fsp3) is 0.143. The van der Waals surface area contributed by atoms with Gasteiger partial charge in [-0.05, 0) is 48.4 Å². The number of amides is 1. The van der Waals surface area contributed by atoms with Crippen LogP contribution in [0.4, 0.5) is 13.2 Å². The van der Waals surface area contributed by atoms with Crippen LogP contribution < -0.4 is 5.73 Å². The second kappa shape index (κ2) is 7.23. The molecule has 6 heteroatoms. The second-order valence-corrected chi connectivity index (χ2v) is 6.28. The Morgan fingerprint density at radius 2 is 1.78 bits per heavy atom. The van der Waals surface area contributed by atoms with Gasteiger partial charge >= 0.3 is 6.18 Å². The predicted molar refractivity (Wildman–Crippen MR) is 97.2 cm³/mol. The molecular weight excluding hydrogens is 353 g/mol. The number of nitrogens with zero attached hydrogens (tertiary/aromatic N) is 1. The molecule has 138 valence electrons. The number of primary amides is 1. The minimum Gasteiger partial charge on any atom is -0.366 e. The minimum absolute atomic E-state index is 0.288. The van der Waals surface area contributed by atoms with Crippen molar-refractivity contribution in [1.82, 2.24) is 4.98 Å². The zero-order valence-corrected chi connectivity index (χ0v) is 14.5. The molecule has 3 rings (SSSR count). The highest BCUT2D eigenvalue weighted by Gasteiger charge is 2.30. The lowest BCUT2D eigenvalue weighted by Gasteiger charge is -2.10. The van der Waals surface area contributed by atoms with Crippen LogP contribution in [-0.2, 0) is 12.6 Å². The number of carbonyl (C=O) groups is 1. The average molecular weight is 370 g/mol. The van der Waals surface area contributed by atoms with Crippen molar-refractivity contribution in [3.8, 4) is 11.3 Å². The number of aryl methyl sites for hydroxylation is 1. The van der Waals surface area contributed by atoms with E-state index in [0.29, 0.717) is 22.5 Å². The van der Waals surface area contributed by atoms with Gasteiger partial charge in [0.15, 0.2) is 0 Å². The number of rotatable bonds is 4. The summed E-state index contributed by atoms with van der Waals surface area (Å²) in [5, 5.41) is 0. The Bertz CT molecular complexity index is 997. The van der Waals surface area contributed by atoms with Gasteiger partial charge in [0.05, 0.1) is 11.3 Å². The Morgan fingerprint density at radius 3 is 2.44 bits per heavy atom. The molecule has 1 heterocycles. The molecule has 3 nitrogen and oxygen atoms in total. The first-order valence-electron chi connectivity index (χ1n) is 8.27. The number of halogens is 3. The fourth-order valence-corrected chi connectivity index (χ4v) is 2.91. The number of hydrogen-bond acceptors (Lipinski definition) is 2. The van der Waals surface area contributed by atoms with E-state index in [1.54, 1.807) is 31.2 Å². The molecule has 1 amide bonds. The van der Waals surface area contributed by atoms with Crippen LogP contribution in [0.5, 0.6) is 0 Å². The molecule has 1 aromatic heterocycles. The molecule has 0 atom stereocenters. The van der Waals surface area contributed by atoms with Crippen molar-refractivity contribution in [3.63, 3.8) is 0 Å². The van der Waals surface area contributed by atoms with Gasteiger partial charge in [-0.15, -0.1) is 0 Å². The molecule has 0 aliphatic rings. The molecule has 3 aromatic rings. The van der Waals surface area contributed by atoms with Crippen LogP contribution in [0.15, 0.2) is 60.7 Å². The summed E-state index contributed by atoms with van der Waals surface area (Å²) >= 11 is 0. The first-order chi connectivity index (χ1) is 12.7. The number of hydrogen-bond donors (Lipinski definition) is 1. The highest BCUT2D eigenvalue weighted by Crippen LogP contribution is 2.30. The van der Waals surface area contributed by atoms with Gasteiger partial charge in [-0.25, -0.2) is 0 Å². The van der Waals surface area contributed by atoms with E-state index in [1.807, 2.05) is 18.2 Å². The summed E-state index contributed by atoms with van der Waals surface area (Å²) in [6.45, 7) is 1.79. The molecule has 0 saturated heterocycles. The van der Waals surface area contributed by atoms with Gasteiger partial charge in [0.1, 0.15) is 0 Å². The Balaban J connectivity index is 1.89. The molecule has 0 aliphatic heterocycles. The van der Waals surface area contributed by atoms with Crippen molar-refractivity contribution in [2.24, 2.45) is 5.73 Å². The largest absolute Gasteiger partial charge is 0.416 e. The van der Waals surface area contributed by atoms with E-state index in [4.69, 9.17) is 5.73 Å². The Morgan fingerprint density at radius 1 is 1.04 bits per heavy atom. The van der Waals surface area contributed by atoms with Crippen LogP contribution in [0.1, 0.15) is 32.7 Å². The molecule has 0 fully saturated rings. The molecule has 2 N–H and O–H groups in total. The number of nitrogens with two attached hydrogens (primary N) is 1. The second-order valence-electron chi connectivity index (χ2n) is 6.28. The Hall–Kier alpha value is -3.15. The topological polar surface area (TPSA) is 56.0 Å². The maximum atomic E-state index is 12.9. The number of carbonyl (C=O) groups excluding carboxylic acids is 1. The van der Waals surface area contributed by atoms with Crippen LogP contribution in [0.2, 0.25) is 0 Å². The number of alkyl halides is 3. The quantitative estimate of drug-likeness (QED) is 0.719. The Kier molecular flexibility index (Phi) is 4.99. The molecule has 27 heavy (non-hydrogen) atoms. The van der Waals surface area contributed by atoms with Gasteiger partial charge in [-0.2, -0.15) is 13.2 Å². The van der Waals surface area contributed by atoms with E-state index in [2.05, 4.69) is 4.98 Å². The van der Waals surface area contributed by atoms with Gasteiger partial charge in [0.25, 0.3) is 0 Å². The van der Waals surface area contributed by atoms with Crippen LogP contribution in [0.25, 0.3) is 11.3 Å². The molecule has 0 saturated carbocycles. The molecule has 2 aromatic carbocycles. The third kappa shape index (κ3) is 4.34. The van der Waals surface area contributed by atoms with Crippen molar-refractivity contribution in [2.45, 2.75) is 19.5 Å². The van der Waals surface area contributed by atoms with Gasteiger partial charge in [-0.1, -0.05) is 30.3 Å². The minimum atomic E-state index is -4.37. The molecular formula is C21H17F3N2O. The highest BCUT2D eigenvalue weighted by molar-refractivity contribution is 5.94. The summed E-state index contributed by atoms with van der Waals surface area (Å²) in [6.07, 6.45) is -4.08. The maximum absolute atomic E-state index is 12.9. The first-order valence-corrected chi connectivity index (χ1v) is 8.27. The number of benzene rings is 2. The van der Waals surface area contributed by atoms with E-state index in [-0.39, 0.29) is 6.42 Å². The summed E-state index contributed by atoms with van der Waals surface area (Å²) in [5.74, 6) is -0.495. The Labute approximate surface area is 154 Å². The van der Waals surface area contributed by atoms with Crippen molar-refractivity contribution >= 4 is 5.91 Å². The molecule has 0 aliphatic carbocycles. The van der Waals surface area contributed by atoms with E-state index in [0.717, 1.165) is 23.3 Å². The molecule has 0 bridgehead atoms. The standard InChI is InChI=1S/C21H17F3N2O/c1-13-10-15(8-9-18(13)20(25)27)19-7-3-6-17(26-19)12-14-4-2-5-16(11-14)21(22,23)24/h2-11H,12H2,1H3,(H2,25,27). The summed E-state index contributed by atoms with van der Waals surface area (Å²) in [7, 11) is 0. The van der Waals surface area contributed by atoms with E-state index in [1.165, 1.54) is 6.07 Å². The summed E-state index contributed by atoms with van der Waals surface area (Å²) < 4.78 is 38.6. The number of aromatic nitrogens is 1. The first kappa shape index (κ1) is 18.6. The zero-order valence-electron chi connectivity index (χ0n) is 14.5. The maximum Gasteiger partial charge on any atom is 0.416 e. The van der Waals surface area contributed by atoms with Gasteiger partial charge in [-0.3, -0.25) is 9.78 Å². The lowest BCUT2D eigenvalue weighted by molar-refractivity contribution is -0.137. The summed E-state index contributed by atoms with van der Waals surface area (Å²) in [6, 6.07) is 15.8. The van der Waals surface area contributed by atoms with E-state index in [9.17, 15) is 18.0 Å². The monoisotopic (exact) mass is 370 g/mol. The number of pyridine rings is 1. The summed E-state index contributed by atoms with van der Waals surface area (Å²) in [4.78, 5) is 15.9. The van der Waals surface area contributed by atoms with Crippen molar-refractivity contribution in [3.05, 3.63) is 88.6 Å². The van der Waals surface area contributed by atoms with Crippen LogP contribution in [0.3, 0.4) is 0 Å². The van der Waals surface area contributed by atoms with Gasteiger partial charge in [0.2, 0.25) is 5.91 Å². The van der Waals surface area contributed by atoms with Gasteiger partial charge in [0, 0.05) is 23.2 Å². The van der Waals surface area contributed by atoms with Crippen molar-refractivity contribution in [2.75, 3.05) is 0 Å². The molecule has 0 radical (unpaired) electrons. The molecule has 0 unspecified atom stereocenters. The fourth-order valence-electron chi connectivity index (χ4n) is 2.91. The van der Waals surface area contributed by atoms with Gasteiger partial charge < -0.3 is 5.73 Å². The SMILES string of the molecule is Cc1cc(-c2cccc(Cc3cccc(C(F)(F)F)c3)n2)ccc1C(N)=O. The third-order valence-corrected chi connectivity index (χ3v) is 4.23. The highest BCUT2D eigenvalue weighted by atomic mass is 19.4. The van der Waals surface area contributed by atoms with Crippen LogP contribution in [-0.4, -0.2) is 10.9 Å². The smallest absolute Gasteiger partial charge is 0.366 e. The van der Waals surface area contributed by atoms with Crippen LogP contribution >= 0.6 is 0 Å².